The topological polar surface area (TPSA) is 663 Å². The monoisotopic (exact) mass is 1880 g/mol. The molecule has 718 valence electrons. The Morgan fingerprint density at radius 1 is 0.366 bits per heavy atom. The van der Waals surface area contributed by atoms with E-state index in [0.717, 1.165) is 13.8 Å². The van der Waals surface area contributed by atoms with E-state index in [1.54, 1.807) is 121 Å². The highest BCUT2D eigenvalue weighted by Gasteiger charge is 2.41. The number of para-hydroxylation sites is 1. The van der Waals surface area contributed by atoms with Gasteiger partial charge in [-0.3, -0.25) is 81.5 Å². The van der Waals surface area contributed by atoms with Crippen molar-refractivity contribution in [2.24, 2.45) is 22.9 Å². The number of unbranched alkanes of at least 4 members (excludes halogenated alkanes) is 3. The van der Waals surface area contributed by atoms with Gasteiger partial charge in [-0.1, -0.05) is 116 Å². The number of aliphatic hydroxyl groups excluding tert-OH is 3. The number of benzene rings is 4. The second-order valence-electron chi connectivity index (χ2n) is 31.4. The van der Waals surface area contributed by atoms with Crippen LogP contribution in [0.15, 0.2) is 121 Å². The molecule has 0 radical (unpaired) electrons. The number of aliphatic hydroxyl groups is 3. The highest BCUT2D eigenvalue weighted by Crippen LogP contribution is 2.21. The first-order valence-corrected chi connectivity index (χ1v) is 45.0. The number of thiol groups is 3. The van der Waals surface area contributed by atoms with E-state index >= 15 is 14.4 Å². The zero-order chi connectivity index (χ0) is 96.8. The summed E-state index contributed by atoms with van der Waals surface area (Å²) in [6.45, 7) is 2.43. The van der Waals surface area contributed by atoms with E-state index in [2.05, 4.69) is 128 Å². The van der Waals surface area contributed by atoms with Crippen molar-refractivity contribution in [3.8, 4) is 0 Å². The maximum absolute atomic E-state index is 15.5. The second-order valence-corrected chi connectivity index (χ2v) is 32.5. The lowest BCUT2D eigenvalue weighted by atomic mass is 10.00. The smallest absolute Gasteiger partial charge is 0.245 e. The summed E-state index contributed by atoms with van der Waals surface area (Å²) in [5.74, 6) is -17.5. The average Bonchev–Trinajstić information content (AvgIpc) is 1.72. The molecule has 4 aromatic carbocycles. The summed E-state index contributed by atoms with van der Waals surface area (Å²) >= 11 is 12.5. The van der Waals surface area contributed by atoms with Crippen molar-refractivity contribution in [3.05, 3.63) is 144 Å². The van der Waals surface area contributed by atoms with Crippen LogP contribution in [0.5, 0.6) is 0 Å². The number of aromatic nitrogens is 1. The number of primary amides is 1. The standard InChI is InChI=1S/C87H127N21O20S3/c1-48(76(117)95-43-69(112)73(114)66(45-129)92-4)96-79(120)59(33-19-22-36-90)107-108-68(47-131)85(126)98-57(31-17-20-34-88)77(118)102-64(41-70(91)113)83(124)100-60(37-51-23-9-6-10-24-51)80(121)99-61(38-52-25-11-7-12-26-52)81(122)101-63(40-54-42-94-56-30-16-15-29-55(54)56)82(123)97-58(32-18-21-35-89)78(119)105-71(49(2)110)86(127)103-62(39-53-27-13-8-14-28-53)84(125)106-72(50(3)111)87(128)104-65(44-109)74(115)75(116)67(46-130)93-5/h6-16,23-30,42,48-50,57-68,71-72,92-94,107-111,129-131H,17-22,31-41,43-47,88-90H2,1-5H3,(H2,91,113)(H,95,117)(H,96,120)(H,97,123)(H,98,126)(H,99,121)(H,100,124)(H,101,122)(H,102,118)(H,103,127)(H,104,128)(H,105,119)(H,106,125)/t48?,49-,50-,57?,58+,59+,60?,61+,62+,63?,64+,65+,66+,67+,68+,71+,72+/m1/s1. The predicted octanol–water partition coefficient (Wildman–Crippen LogP) is -6.00. The number of aromatic amines is 1. The van der Waals surface area contributed by atoms with Gasteiger partial charge >= 0.3 is 0 Å². The Kier molecular flexibility index (Phi) is 49.4. The maximum atomic E-state index is 15.5. The summed E-state index contributed by atoms with van der Waals surface area (Å²) in [4.78, 5) is 242. The number of ketones is 4. The second kappa shape index (κ2) is 58.6. The number of rotatable bonds is 63. The molecule has 0 fully saturated rings. The minimum atomic E-state index is -1.92. The van der Waals surface area contributed by atoms with Crippen LogP contribution in [0.2, 0.25) is 0 Å². The molecule has 131 heavy (non-hydrogen) atoms. The number of hydrogen-bond donors (Lipinski definition) is 27. The van der Waals surface area contributed by atoms with Gasteiger partial charge in [0.2, 0.25) is 99.9 Å². The van der Waals surface area contributed by atoms with Gasteiger partial charge in [0.05, 0.1) is 49.9 Å². The van der Waals surface area contributed by atoms with Gasteiger partial charge in [-0.2, -0.15) is 37.9 Å². The number of carbonyl (C=O) groups excluding carboxylic acids is 17. The molecule has 17 atom stereocenters. The van der Waals surface area contributed by atoms with E-state index < -0.39 is 222 Å². The van der Waals surface area contributed by atoms with Crippen LogP contribution in [0, 0.1) is 0 Å². The number of fused-ring (bicyclic) bond motifs is 1. The molecule has 0 bridgehead atoms. The Hall–Kier alpha value is -11.1. The quantitative estimate of drug-likeness (QED) is 0.00746. The Morgan fingerprint density at radius 2 is 0.702 bits per heavy atom. The van der Waals surface area contributed by atoms with Crippen molar-refractivity contribution in [2.45, 2.75) is 213 Å². The molecule has 0 spiro atoms. The zero-order valence-corrected chi connectivity index (χ0v) is 76.5. The Bertz CT molecular complexity index is 4600. The zero-order valence-electron chi connectivity index (χ0n) is 73.9. The van der Waals surface area contributed by atoms with Gasteiger partial charge in [-0.05, 0) is 134 Å². The number of hydrogen-bond acceptors (Lipinski definition) is 30. The molecule has 28 N–H and O–H groups in total. The molecule has 0 saturated heterocycles. The Labute approximate surface area is 775 Å². The van der Waals surface area contributed by atoms with Crippen molar-refractivity contribution < 1.29 is 96.8 Å². The van der Waals surface area contributed by atoms with Crippen molar-refractivity contribution in [1.82, 2.24) is 90.3 Å². The van der Waals surface area contributed by atoms with Crippen LogP contribution < -0.4 is 108 Å². The molecule has 0 aliphatic carbocycles. The lowest BCUT2D eigenvalue weighted by Gasteiger charge is -2.29. The minimum Gasteiger partial charge on any atom is -0.394 e. The van der Waals surface area contributed by atoms with Crippen molar-refractivity contribution >= 4 is 149 Å². The van der Waals surface area contributed by atoms with E-state index in [0.29, 0.717) is 58.8 Å². The van der Waals surface area contributed by atoms with Crippen LogP contribution in [-0.2, 0) is 107 Å². The average molecular weight is 1880 g/mol. The molecular weight excluding hydrogens is 1760 g/mol. The van der Waals surface area contributed by atoms with Gasteiger partial charge in [0.15, 0.2) is 0 Å². The first-order valence-electron chi connectivity index (χ1n) is 43.1. The van der Waals surface area contributed by atoms with Crippen molar-refractivity contribution in [3.63, 3.8) is 0 Å². The molecule has 41 nitrogen and oxygen atoms in total. The molecule has 1 heterocycles. The van der Waals surface area contributed by atoms with Gasteiger partial charge < -0.3 is 118 Å². The van der Waals surface area contributed by atoms with Gasteiger partial charge in [0.25, 0.3) is 0 Å². The summed E-state index contributed by atoms with van der Waals surface area (Å²) in [6, 6.07) is 8.92. The van der Waals surface area contributed by atoms with Gasteiger partial charge in [-0.25, -0.2) is 10.9 Å². The summed E-state index contributed by atoms with van der Waals surface area (Å²) in [5.41, 5.74) is 31.4. The number of nitrogens with two attached hydrogens (primary N) is 4. The lowest BCUT2D eigenvalue weighted by Crippen LogP contribution is -2.63. The highest BCUT2D eigenvalue weighted by atomic mass is 32.1. The molecule has 13 amide bonds. The Morgan fingerprint density at radius 3 is 1.12 bits per heavy atom. The third kappa shape index (κ3) is 36.9. The molecule has 44 heteroatoms. The number of Topliss-reactive ketones (excluding diaryl/α,β-unsaturated/α-hetero) is 4. The van der Waals surface area contributed by atoms with Crippen LogP contribution in [-0.4, -0.2) is 287 Å². The van der Waals surface area contributed by atoms with E-state index in [1.807, 2.05) is 0 Å². The molecule has 4 unspecified atom stereocenters. The van der Waals surface area contributed by atoms with Crippen molar-refractivity contribution in [1.29, 1.82) is 0 Å². The van der Waals surface area contributed by atoms with Crippen LogP contribution in [0.4, 0.5) is 0 Å². The van der Waals surface area contributed by atoms with Gasteiger partial charge in [-0.15, -0.1) is 0 Å². The number of hydrazine groups is 1. The fraction of sp³-hybridized carbons (Fsp3) is 0.506. The number of likely N-dealkylation sites (N-methyl/N-ethyl adjacent to an activating group) is 2. The van der Waals surface area contributed by atoms with Crippen LogP contribution in [0.25, 0.3) is 10.9 Å². The number of amides is 13. The van der Waals surface area contributed by atoms with E-state index in [-0.39, 0.29) is 94.7 Å². The fourth-order valence-electron chi connectivity index (χ4n) is 13.6. The minimum absolute atomic E-state index is 0.0189. The first kappa shape index (κ1) is 110. The van der Waals surface area contributed by atoms with Gasteiger partial charge in [0, 0.05) is 60.0 Å². The number of H-pyrrole nitrogens is 1. The largest absolute Gasteiger partial charge is 0.394 e. The highest BCUT2D eigenvalue weighted by molar-refractivity contribution is 7.80. The van der Waals surface area contributed by atoms with Crippen molar-refractivity contribution in [2.75, 3.05) is 64.1 Å². The normalized spacial score (nSPS) is 15.2. The molecule has 0 saturated carbocycles. The lowest BCUT2D eigenvalue weighted by molar-refractivity contribution is -0.141. The van der Waals surface area contributed by atoms with Crippen LogP contribution in [0.3, 0.4) is 0 Å². The fourth-order valence-corrected chi connectivity index (χ4v) is 14.6. The molecule has 0 aliphatic rings. The summed E-state index contributed by atoms with van der Waals surface area (Å²) < 4.78 is 0. The SMILES string of the molecule is CN[C@@H](CS)C(=O)C(=O)CNC(=O)C(C)NC(=O)[C@H](CCCCN)NN[C@@H](CS)C(=O)NC(CCCCN)C(=O)N[C@@H](CC(N)=O)C(=O)NC(Cc1ccccc1)C(=O)N[C@@H](Cc1ccccc1)C(=O)NC(Cc1c[nH]c2ccccc12)C(=O)N[C@@H](CCCCN)C(=O)N[C@H](C(=O)N[C@@H](Cc1ccccc1)C(=O)N[C@H](C(=O)N[C@@H](CO)C(=O)C(=O)[C@H](CS)NC)[C@@H](C)O)[C@@H](C)O. The molecular formula is C87H127N21O20S3. The third-order valence-corrected chi connectivity index (χ3v) is 22.3. The summed E-state index contributed by atoms with van der Waals surface area (Å²) in [7, 11) is 2.86. The first-order chi connectivity index (χ1) is 62.6. The molecule has 0 aliphatic heterocycles. The maximum Gasteiger partial charge on any atom is 0.245 e. The molecule has 1 aromatic heterocycles. The van der Waals surface area contributed by atoms with Crippen LogP contribution >= 0.6 is 37.9 Å². The van der Waals surface area contributed by atoms with E-state index in [4.69, 9.17) is 22.9 Å². The molecule has 5 aromatic rings. The third-order valence-electron chi connectivity index (χ3n) is 21.2. The predicted molar refractivity (Wildman–Crippen MR) is 496 cm³/mol. The van der Waals surface area contributed by atoms with E-state index in [9.17, 15) is 82.4 Å². The van der Waals surface area contributed by atoms with Gasteiger partial charge in [0.1, 0.15) is 72.5 Å². The summed E-state index contributed by atoms with van der Waals surface area (Å²) in [5, 5.41) is 68.7. The molecule has 5 rings (SSSR count). The number of nitrogens with one attached hydrogen (secondary N) is 17. The summed E-state index contributed by atoms with van der Waals surface area (Å²) in [6.07, 6.45) is -2.18. The Balaban J connectivity index is 1.45. The van der Waals surface area contributed by atoms with Crippen LogP contribution in [0.1, 0.15) is 107 Å². The van der Waals surface area contributed by atoms with E-state index in [1.165, 1.54) is 21.0 Å². The number of carbonyl (C=O) groups is 17.